The van der Waals surface area contributed by atoms with Crippen LogP contribution in [0.25, 0.3) is 16.7 Å². The number of anilines is 1. The number of fused-ring (bicyclic) bond motifs is 3. The molecule has 0 fully saturated rings. The quantitative estimate of drug-likeness (QED) is 0.543. The molecule has 3 aromatic rings. The number of aromatic nitrogens is 4. The first-order valence-electron chi connectivity index (χ1n) is 6.38. The van der Waals surface area contributed by atoms with Crippen LogP contribution >= 0.6 is 0 Å². The largest absolute Gasteiger partial charge is 0.313 e. The van der Waals surface area contributed by atoms with Gasteiger partial charge in [-0.15, -0.1) is 10.2 Å². The third-order valence-electron chi connectivity index (χ3n) is 3.23. The van der Waals surface area contributed by atoms with E-state index in [9.17, 15) is 0 Å². The Hall–Kier alpha value is -3.02. The van der Waals surface area contributed by atoms with E-state index in [1.54, 1.807) is 18.5 Å². The van der Waals surface area contributed by atoms with Crippen LogP contribution in [0.15, 0.2) is 60.1 Å². The number of allylic oxidation sites excluding steroid dienone is 2. The van der Waals surface area contributed by atoms with Crippen molar-refractivity contribution in [3.8, 4) is 0 Å². The molecule has 6 heteroatoms. The van der Waals surface area contributed by atoms with E-state index in [2.05, 4.69) is 33.5 Å². The van der Waals surface area contributed by atoms with Crippen molar-refractivity contribution in [1.82, 2.24) is 19.6 Å². The topological polar surface area (TPSA) is 58.7 Å². The standard InChI is InChI=1S/C15H14N6/c1-4-7-13(16-2)20(3)14-11-8-5-6-9-12(11)21-10-17-19-15(21)18-14/h4-10H,1-2H2,3H3/b13-7+. The van der Waals surface area contributed by atoms with E-state index in [1.807, 2.05) is 40.6 Å². The van der Waals surface area contributed by atoms with Gasteiger partial charge >= 0.3 is 0 Å². The highest BCUT2D eigenvalue weighted by Gasteiger charge is 2.14. The Morgan fingerprint density at radius 3 is 2.95 bits per heavy atom. The average Bonchev–Trinajstić information content (AvgIpc) is 3.00. The van der Waals surface area contributed by atoms with Crippen LogP contribution in [0.2, 0.25) is 0 Å². The van der Waals surface area contributed by atoms with Crippen molar-refractivity contribution in [2.24, 2.45) is 4.99 Å². The molecule has 0 N–H and O–H groups in total. The smallest absolute Gasteiger partial charge is 0.257 e. The molecule has 104 valence electrons. The molecule has 3 rings (SSSR count). The maximum Gasteiger partial charge on any atom is 0.257 e. The first-order valence-corrected chi connectivity index (χ1v) is 6.38. The molecule has 0 unspecified atom stereocenters. The molecule has 0 atom stereocenters. The average molecular weight is 278 g/mol. The van der Waals surface area contributed by atoms with Gasteiger partial charge in [0.15, 0.2) is 0 Å². The summed E-state index contributed by atoms with van der Waals surface area (Å²) in [5, 5.41) is 8.93. The molecule has 0 bridgehead atoms. The van der Waals surface area contributed by atoms with E-state index in [-0.39, 0.29) is 0 Å². The van der Waals surface area contributed by atoms with Gasteiger partial charge in [0, 0.05) is 12.4 Å². The normalized spacial score (nSPS) is 11.8. The molecule has 0 saturated carbocycles. The minimum Gasteiger partial charge on any atom is -0.313 e. The number of para-hydroxylation sites is 1. The number of hydrogen-bond acceptors (Lipinski definition) is 5. The van der Waals surface area contributed by atoms with Crippen LogP contribution in [0.1, 0.15) is 0 Å². The molecule has 6 nitrogen and oxygen atoms in total. The molecule has 2 aromatic heterocycles. The third-order valence-corrected chi connectivity index (χ3v) is 3.23. The summed E-state index contributed by atoms with van der Waals surface area (Å²) in [6.45, 7) is 7.28. The van der Waals surface area contributed by atoms with Gasteiger partial charge in [0.1, 0.15) is 18.0 Å². The summed E-state index contributed by atoms with van der Waals surface area (Å²) in [6, 6.07) is 7.94. The molecule has 0 spiro atoms. The molecule has 0 saturated heterocycles. The molecule has 0 amide bonds. The van der Waals surface area contributed by atoms with Crippen LogP contribution < -0.4 is 4.90 Å². The van der Waals surface area contributed by atoms with Crippen LogP contribution in [-0.4, -0.2) is 33.3 Å². The first kappa shape index (κ1) is 13.0. The molecular formula is C15H14N6. The zero-order valence-corrected chi connectivity index (χ0v) is 11.6. The lowest BCUT2D eigenvalue weighted by Crippen LogP contribution is -2.17. The summed E-state index contributed by atoms with van der Waals surface area (Å²) < 4.78 is 1.85. The monoisotopic (exact) mass is 278 g/mol. The molecule has 21 heavy (non-hydrogen) atoms. The van der Waals surface area contributed by atoms with Crippen molar-refractivity contribution in [2.45, 2.75) is 0 Å². The molecule has 2 heterocycles. The van der Waals surface area contributed by atoms with Gasteiger partial charge in [-0.05, 0) is 24.9 Å². The fraction of sp³-hybridized carbons (Fsp3) is 0.0667. The maximum absolute atomic E-state index is 4.57. The van der Waals surface area contributed by atoms with Gasteiger partial charge in [-0.1, -0.05) is 24.8 Å². The first-order chi connectivity index (χ1) is 10.3. The van der Waals surface area contributed by atoms with E-state index >= 15 is 0 Å². The summed E-state index contributed by atoms with van der Waals surface area (Å²) in [6.07, 6.45) is 5.09. The Morgan fingerprint density at radius 2 is 2.19 bits per heavy atom. The fourth-order valence-electron chi connectivity index (χ4n) is 2.24. The highest BCUT2D eigenvalue weighted by Crippen LogP contribution is 2.27. The number of benzene rings is 1. The predicted octanol–water partition coefficient (Wildman–Crippen LogP) is 2.44. The minimum atomic E-state index is 0.539. The van der Waals surface area contributed by atoms with Gasteiger partial charge < -0.3 is 4.90 Å². The lowest BCUT2D eigenvalue weighted by molar-refractivity contribution is 1.02. The SMILES string of the molecule is C=C/C=C(\N=C)N(C)c1nc2nncn2c2ccccc12. The van der Waals surface area contributed by atoms with Gasteiger partial charge in [-0.3, -0.25) is 4.40 Å². The van der Waals surface area contributed by atoms with Gasteiger partial charge in [-0.2, -0.15) is 4.98 Å². The Balaban J connectivity index is 2.31. The second-order valence-corrected chi connectivity index (χ2v) is 4.43. The number of nitrogens with zero attached hydrogens (tertiary/aromatic N) is 6. The van der Waals surface area contributed by atoms with Crippen molar-refractivity contribution in [3.63, 3.8) is 0 Å². The molecule has 1 aromatic carbocycles. The van der Waals surface area contributed by atoms with Gasteiger partial charge in [0.2, 0.25) is 0 Å². The second-order valence-electron chi connectivity index (χ2n) is 4.43. The van der Waals surface area contributed by atoms with Gasteiger partial charge in [0.25, 0.3) is 5.78 Å². The summed E-state index contributed by atoms with van der Waals surface area (Å²) in [5.41, 5.74) is 0.983. The van der Waals surface area contributed by atoms with E-state index in [0.29, 0.717) is 11.6 Å². The summed E-state index contributed by atoms with van der Waals surface area (Å²) >= 11 is 0. The van der Waals surface area contributed by atoms with Crippen molar-refractivity contribution in [2.75, 3.05) is 11.9 Å². The highest BCUT2D eigenvalue weighted by molar-refractivity contribution is 5.92. The highest BCUT2D eigenvalue weighted by atomic mass is 15.3. The Morgan fingerprint density at radius 1 is 1.38 bits per heavy atom. The molecule has 0 aliphatic carbocycles. The van der Waals surface area contributed by atoms with Crippen LogP contribution in [0.5, 0.6) is 0 Å². The van der Waals surface area contributed by atoms with Crippen molar-refractivity contribution >= 4 is 29.2 Å². The molecule has 0 aliphatic heterocycles. The zero-order chi connectivity index (χ0) is 14.8. The van der Waals surface area contributed by atoms with Crippen LogP contribution in [0.4, 0.5) is 5.82 Å². The number of aliphatic imine (C=N–C) groups is 1. The van der Waals surface area contributed by atoms with Gasteiger partial charge in [0.05, 0.1) is 5.52 Å². The molecule has 0 aliphatic rings. The molecule has 0 radical (unpaired) electrons. The van der Waals surface area contributed by atoms with E-state index in [4.69, 9.17) is 0 Å². The third kappa shape index (κ3) is 2.06. The summed E-state index contributed by atoms with van der Waals surface area (Å²) in [7, 11) is 1.88. The predicted molar refractivity (Wildman–Crippen MR) is 84.5 cm³/mol. The Labute approximate surface area is 121 Å². The van der Waals surface area contributed by atoms with E-state index in [0.717, 1.165) is 16.7 Å². The van der Waals surface area contributed by atoms with Crippen LogP contribution in [-0.2, 0) is 0 Å². The second kappa shape index (κ2) is 5.16. The van der Waals surface area contributed by atoms with Crippen LogP contribution in [0, 0.1) is 0 Å². The van der Waals surface area contributed by atoms with Gasteiger partial charge in [-0.25, -0.2) is 4.99 Å². The molecular weight excluding hydrogens is 264 g/mol. The lowest BCUT2D eigenvalue weighted by Gasteiger charge is -2.20. The van der Waals surface area contributed by atoms with Crippen molar-refractivity contribution < 1.29 is 0 Å². The zero-order valence-electron chi connectivity index (χ0n) is 11.6. The minimum absolute atomic E-state index is 0.539. The van der Waals surface area contributed by atoms with Crippen molar-refractivity contribution in [3.05, 3.63) is 55.1 Å². The Bertz CT molecular complexity index is 861. The lowest BCUT2D eigenvalue weighted by atomic mass is 10.2. The summed E-state index contributed by atoms with van der Waals surface area (Å²) in [4.78, 5) is 10.4. The van der Waals surface area contributed by atoms with Crippen molar-refractivity contribution in [1.29, 1.82) is 0 Å². The maximum atomic E-state index is 4.57. The summed E-state index contributed by atoms with van der Waals surface area (Å²) in [5.74, 6) is 1.94. The van der Waals surface area contributed by atoms with E-state index < -0.39 is 0 Å². The van der Waals surface area contributed by atoms with E-state index in [1.165, 1.54) is 0 Å². The fourth-order valence-corrected chi connectivity index (χ4v) is 2.24. The van der Waals surface area contributed by atoms with Crippen LogP contribution in [0.3, 0.4) is 0 Å². The Kier molecular flexibility index (Phi) is 3.19. The number of rotatable bonds is 4. The number of hydrogen-bond donors (Lipinski definition) is 0.